The predicted molar refractivity (Wildman–Crippen MR) is 47.8 cm³/mol. The van der Waals surface area contributed by atoms with Crippen LogP contribution in [0.1, 0.15) is 5.56 Å². The Morgan fingerprint density at radius 1 is 1.45 bits per heavy atom. The highest BCUT2D eigenvalue weighted by molar-refractivity contribution is 5.63. The third-order valence-electron chi connectivity index (χ3n) is 2.24. The summed E-state index contributed by atoms with van der Waals surface area (Å²) in [6.07, 6.45) is 1.16. The zero-order valence-corrected chi connectivity index (χ0v) is 6.67. The van der Waals surface area contributed by atoms with Gasteiger partial charge in [0.25, 0.3) is 0 Å². The molecule has 58 valence electrons. The standard InChI is InChI=1S/C9H12N2/c1-11-5-4-7-2-3-8(10)6-9(7)11/h2-3,6H,4-5,10H2,1H3. The molecule has 0 spiro atoms. The number of nitrogen functional groups attached to an aromatic ring is 1. The Bertz CT molecular complexity index is 281. The smallest absolute Gasteiger partial charge is 0.0417 e. The summed E-state index contributed by atoms with van der Waals surface area (Å²) < 4.78 is 0. The molecule has 0 atom stereocenters. The zero-order valence-electron chi connectivity index (χ0n) is 6.67. The Hall–Kier alpha value is -1.18. The minimum atomic E-state index is 0.859. The van der Waals surface area contributed by atoms with Gasteiger partial charge in [0, 0.05) is 25.0 Å². The molecule has 0 bridgehead atoms. The van der Waals surface area contributed by atoms with Gasteiger partial charge in [0.2, 0.25) is 0 Å². The molecule has 0 aromatic heterocycles. The zero-order chi connectivity index (χ0) is 7.84. The summed E-state index contributed by atoms with van der Waals surface area (Å²) >= 11 is 0. The summed E-state index contributed by atoms with van der Waals surface area (Å²) in [4.78, 5) is 2.24. The van der Waals surface area contributed by atoms with Gasteiger partial charge in [-0.3, -0.25) is 0 Å². The number of rotatable bonds is 0. The maximum absolute atomic E-state index is 5.67. The summed E-state index contributed by atoms with van der Waals surface area (Å²) in [6, 6.07) is 6.13. The van der Waals surface area contributed by atoms with Gasteiger partial charge in [-0.25, -0.2) is 0 Å². The van der Waals surface area contributed by atoms with E-state index >= 15 is 0 Å². The van der Waals surface area contributed by atoms with Crippen LogP contribution >= 0.6 is 0 Å². The molecule has 1 aliphatic rings. The highest BCUT2D eigenvalue weighted by Gasteiger charge is 2.14. The molecule has 0 radical (unpaired) electrons. The summed E-state index contributed by atoms with van der Waals surface area (Å²) in [6.45, 7) is 1.12. The molecule has 2 rings (SSSR count). The van der Waals surface area contributed by atoms with Gasteiger partial charge in [0.1, 0.15) is 0 Å². The van der Waals surface area contributed by atoms with Gasteiger partial charge in [-0.05, 0) is 24.1 Å². The average molecular weight is 148 g/mol. The minimum Gasteiger partial charge on any atom is -0.399 e. The molecule has 0 aliphatic carbocycles. The van der Waals surface area contributed by atoms with Crippen LogP contribution in [-0.4, -0.2) is 13.6 Å². The molecule has 1 aromatic carbocycles. The fourth-order valence-corrected chi connectivity index (χ4v) is 1.56. The molecule has 2 N–H and O–H groups in total. The number of nitrogens with zero attached hydrogens (tertiary/aromatic N) is 1. The predicted octanol–water partition coefficient (Wildman–Crippen LogP) is 1.26. The first-order valence-corrected chi connectivity index (χ1v) is 3.87. The van der Waals surface area contributed by atoms with E-state index in [1.807, 2.05) is 12.1 Å². The van der Waals surface area contributed by atoms with Crippen LogP contribution in [0.4, 0.5) is 11.4 Å². The van der Waals surface area contributed by atoms with E-state index in [9.17, 15) is 0 Å². The summed E-state index contributed by atoms with van der Waals surface area (Å²) in [7, 11) is 2.10. The van der Waals surface area contributed by atoms with Crippen LogP contribution in [0.25, 0.3) is 0 Å². The topological polar surface area (TPSA) is 29.3 Å². The van der Waals surface area contributed by atoms with Gasteiger partial charge in [0.05, 0.1) is 0 Å². The van der Waals surface area contributed by atoms with Gasteiger partial charge < -0.3 is 10.6 Å². The maximum atomic E-state index is 5.67. The van der Waals surface area contributed by atoms with E-state index in [2.05, 4.69) is 18.0 Å². The molecule has 0 fully saturated rings. The van der Waals surface area contributed by atoms with Crippen LogP contribution in [0.5, 0.6) is 0 Å². The summed E-state index contributed by atoms with van der Waals surface area (Å²) in [5.74, 6) is 0. The first-order valence-electron chi connectivity index (χ1n) is 3.87. The average Bonchev–Trinajstić information content (AvgIpc) is 2.33. The molecule has 0 amide bonds. The van der Waals surface area contributed by atoms with Crippen LogP contribution in [0, 0.1) is 0 Å². The number of benzene rings is 1. The lowest BCUT2D eigenvalue weighted by atomic mass is 10.1. The number of anilines is 2. The molecule has 1 heterocycles. The van der Waals surface area contributed by atoms with Gasteiger partial charge in [-0.1, -0.05) is 6.07 Å². The highest BCUT2D eigenvalue weighted by atomic mass is 15.1. The molecule has 0 unspecified atom stereocenters. The van der Waals surface area contributed by atoms with Crippen LogP contribution in [0.15, 0.2) is 18.2 Å². The van der Waals surface area contributed by atoms with E-state index in [4.69, 9.17) is 5.73 Å². The lowest BCUT2D eigenvalue weighted by Gasteiger charge is -2.11. The fourth-order valence-electron chi connectivity index (χ4n) is 1.56. The van der Waals surface area contributed by atoms with E-state index < -0.39 is 0 Å². The van der Waals surface area contributed by atoms with Crippen molar-refractivity contribution < 1.29 is 0 Å². The van der Waals surface area contributed by atoms with Crippen LogP contribution in [0.2, 0.25) is 0 Å². The van der Waals surface area contributed by atoms with Crippen LogP contribution in [-0.2, 0) is 6.42 Å². The van der Waals surface area contributed by atoms with Crippen molar-refractivity contribution in [2.75, 3.05) is 24.2 Å². The van der Waals surface area contributed by atoms with Crippen molar-refractivity contribution in [3.63, 3.8) is 0 Å². The van der Waals surface area contributed by atoms with Crippen molar-refractivity contribution in [1.82, 2.24) is 0 Å². The Balaban J connectivity index is 2.52. The second-order valence-corrected chi connectivity index (χ2v) is 3.06. The second-order valence-electron chi connectivity index (χ2n) is 3.06. The molecule has 11 heavy (non-hydrogen) atoms. The lowest BCUT2D eigenvalue weighted by Crippen LogP contribution is -2.12. The molecule has 0 saturated carbocycles. The van der Waals surface area contributed by atoms with Crippen molar-refractivity contribution in [1.29, 1.82) is 0 Å². The van der Waals surface area contributed by atoms with Crippen molar-refractivity contribution in [3.8, 4) is 0 Å². The van der Waals surface area contributed by atoms with E-state index in [0.29, 0.717) is 0 Å². The van der Waals surface area contributed by atoms with Crippen LogP contribution < -0.4 is 10.6 Å². The lowest BCUT2D eigenvalue weighted by molar-refractivity contribution is 0.956. The highest BCUT2D eigenvalue weighted by Crippen LogP contribution is 2.28. The Labute approximate surface area is 66.6 Å². The van der Waals surface area contributed by atoms with E-state index in [1.54, 1.807) is 0 Å². The Kier molecular flexibility index (Phi) is 1.28. The normalized spacial score (nSPS) is 15.2. The maximum Gasteiger partial charge on any atom is 0.0417 e. The van der Waals surface area contributed by atoms with Crippen LogP contribution in [0.3, 0.4) is 0 Å². The third kappa shape index (κ3) is 0.946. The molecule has 2 heteroatoms. The molecule has 1 aliphatic heterocycles. The van der Waals surface area contributed by atoms with Crippen molar-refractivity contribution >= 4 is 11.4 Å². The van der Waals surface area contributed by atoms with Gasteiger partial charge in [-0.2, -0.15) is 0 Å². The number of hydrogen-bond donors (Lipinski definition) is 1. The molecule has 1 aromatic rings. The number of fused-ring (bicyclic) bond motifs is 1. The van der Waals surface area contributed by atoms with E-state index in [1.165, 1.54) is 11.3 Å². The fraction of sp³-hybridized carbons (Fsp3) is 0.333. The molecular weight excluding hydrogens is 136 g/mol. The van der Waals surface area contributed by atoms with Crippen molar-refractivity contribution in [3.05, 3.63) is 23.8 Å². The van der Waals surface area contributed by atoms with Gasteiger partial charge >= 0.3 is 0 Å². The monoisotopic (exact) mass is 148 g/mol. The second kappa shape index (κ2) is 2.16. The van der Waals surface area contributed by atoms with Crippen molar-refractivity contribution in [2.45, 2.75) is 6.42 Å². The Morgan fingerprint density at radius 2 is 2.27 bits per heavy atom. The van der Waals surface area contributed by atoms with E-state index in [-0.39, 0.29) is 0 Å². The first kappa shape index (κ1) is 6.53. The Morgan fingerprint density at radius 3 is 3.09 bits per heavy atom. The quantitative estimate of drug-likeness (QED) is 0.561. The van der Waals surface area contributed by atoms with Crippen molar-refractivity contribution in [2.24, 2.45) is 0 Å². The first-order chi connectivity index (χ1) is 5.27. The number of likely N-dealkylation sites (N-methyl/N-ethyl adjacent to an activating group) is 1. The van der Waals surface area contributed by atoms with Gasteiger partial charge in [-0.15, -0.1) is 0 Å². The molecule has 2 nitrogen and oxygen atoms in total. The SMILES string of the molecule is CN1CCc2ccc(N)cc21. The van der Waals surface area contributed by atoms with E-state index in [0.717, 1.165) is 18.7 Å². The number of hydrogen-bond acceptors (Lipinski definition) is 2. The number of nitrogens with two attached hydrogens (primary N) is 1. The van der Waals surface area contributed by atoms with Gasteiger partial charge in [0.15, 0.2) is 0 Å². The largest absolute Gasteiger partial charge is 0.399 e. The third-order valence-corrected chi connectivity index (χ3v) is 2.24. The summed E-state index contributed by atoms with van der Waals surface area (Å²) in [5, 5.41) is 0. The minimum absolute atomic E-state index is 0.859. The summed E-state index contributed by atoms with van der Waals surface area (Å²) in [5.41, 5.74) is 9.24. The molecular formula is C9H12N2. The molecule has 0 saturated heterocycles.